The van der Waals surface area contributed by atoms with Crippen molar-refractivity contribution < 1.29 is 4.79 Å². The van der Waals surface area contributed by atoms with Gasteiger partial charge in [-0.15, -0.1) is 0 Å². The molecule has 0 heterocycles. The van der Waals surface area contributed by atoms with Crippen LogP contribution < -0.4 is 0 Å². The molecule has 2 rings (SSSR count). The summed E-state index contributed by atoms with van der Waals surface area (Å²) in [4.78, 5) is 10.9. The van der Waals surface area contributed by atoms with Crippen molar-refractivity contribution >= 4 is 11.4 Å². The number of aryl methyl sites for hydroxylation is 1. The zero-order valence-corrected chi connectivity index (χ0v) is 7.71. The van der Waals surface area contributed by atoms with Crippen molar-refractivity contribution in [3.05, 3.63) is 41.5 Å². The van der Waals surface area contributed by atoms with E-state index in [0.717, 1.165) is 12.8 Å². The first-order chi connectivity index (χ1) is 6.27. The minimum absolute atomic E-state index is 0.145. The monoisotopic (exact) mass is 172 g/mol. The highest BCUT2D eigenvalue weighted by Gasteiger charge is 2.14. The second-order valence-electron chi connectivity index (χ2n) is 3.44. The highest BCUT2D eigenvalue weighted by Crippen LogP contribution is 2.31. The van der Waals surface area contributed by atoms with Crippen molar-refractivity contribution in [1.82, 2.24) is 0 Å². The molecular formula is C12H12O. The summed E-state index contributed by atoms with van der Waals surface area (Å²) in [5.41, 5.74) is 3.83. The van der Waals surface area contributed by atoms with Gasteiger partial charge in [0.2, 0.25) is 0 Å². The Hall–Kier alpha value is -1.37. The van der Waals surface area contributed by atoms with Crippen molar-refractivity contribution in [3.8, 4) is 0 Å². The lowest BCUT2D eigenvalue weighted by molar-refractivity contribution is -0.112. The fraction of sp³-hybridized carbons (Fsp3) is 0.250. The van der Waals surface area contributed by atoms with E-state index in [1.165, 1.54) is 16.7 Å². The molecule has 0 fully saturated rings. The van der Waals surface area contributed by atoms with Gasteiger partial charge < -0.3 is 0 Å². The van der Waals surface area contributed by atoms with Gasteiger partial charge in [0.1, 0.15) is 0 Å². The van der Waals surface area contributed by atoms with E-state index in [1.807, 2.05) is 6.07 Å². The predicted octanol–water partition coefficient (Wildman–Crippen LogP) is 2.61. The van der Waals surface area contributed by atoms with Gasteiger partial charge in [0.05, 0.1) is 0 Å². The number of carbonyl (C=O) groups is 1. The summed E-state index contributed by atoms with van der Waals surface area (Å²) in [6.45, 7) is 1.61. The molecule has 0 amide bonds. The topological polar surface area (TPSA) is 17.1 Å². The number of hydrogen-bond acceptors (Lipinski definition) is 1. The van der Waals surface area contributed by atoms with Crippen LogP contribution in [0.5, 0.6) is 0 Å². The first-order valence-electron chi connectivity index (χ1n) is 4.57. The van der Waals surface area contributed by atoms with Gasteiger partial charge in [-0.05, 0) is 42.5 Å². The average Bonchev–Trinajstić information content (AvgIpc) is 2.48. The predicted molar refractivity (Wildman–Crippen MR) is 53.4 cm³/mol. The van der Waals surface area contributed by atoms with Gasteiger partial charge in [-0.25, -0.2) is 0 Å². The minimum atomic E-state index is 0.145. The molecule has 0 N–H and O–H groups in total. The molecule has 0 atom stereocenters. The molecule has 66 valence electrons. The lowest BCUT2D eigenvalue weighted by atomic mass is 10.1. The van der Waals surface area contributed by atoms with Crippen LogP contribution in [-0.4, -0.2) is 5.78 Å². The lowest BCUT2D eigenvalue weighted by Crippen LogP contribution is -1.85. The van der Waals surface area contributed by atoms with Crippen molar-refractivity contribution in [2.45, 2.75) is 19.8 Å². The Morgan fingerprint density at radius 1 is 1.31 bits per heavy atom. The quantitative estimate of drug-likeness (QED) is 0.595. The number of benzene rings is 1. The molecule has 1 aliphatic carbocycles. The Kier molecular flexibility index (Phi) is 2.01. The van der Waals surface area contributed by atoms with E-state index in [2.05, 4.69) is 18.2 Å². The Morgan fingerprint density at radius 2 is 2.08 bits per heavy atom. The number of allylic oxidation sites excluding steroid dienone is 2. The largest absolute Gasteiger partial charge is 0.295 e. The summed E-state index contributed by atoms with van der Waals surface area (Å²) < 4.78 is 0. The summed E-state index contributed by atoms with van der Waals surface area (Å²) >= 11 is 0. The number of hydrogen-bond donors (Lipinski definition) is 0. The fourth-order valence-corrected chi connectivity index (χ4v) is 1.85. The van der Waals surface area contributed by atoms with E-state index in [9.17, 15) is 4.79 Å². The van der Waals surface area contributed by atoms with Gasteiger partial charge in [-0.2, -0.15) is 0 Å². The number of carbonyl (C=O) groups excluding carboxylic acids is 1. The van der Waals surface area contributed by atoms with Crippen LogP contribution in [0, 0.1) is 0 Å². The maximum absolute atomic E-state index is 10.9. The third-order valence-electron chi connectivity index (χ3n) is 2.40. The zero-order chi connectivity index (χ0) is 9.26. The van der Waals surface area contributed by atoms with Crippen LogP contribution in [0.2, 0.25) is 0 Å². The lowest BCUT2D eigenvalue weighted by Gasteiger charge is -1.98. The summed E-state index contributed by atoms with van der Waals surface area (Å²) in [6, 6.07) is 8.31. The fourth-order valence-electron chi connectivity index (χ4n) is 1.85. The maximum atomic E-state index is 10.9. The molecule has 1 heteroatoms. The molecule has 0 bridgehead atoms. The molecule has 1 aromatic carbocycles. The molecule has 0 saturated heterocycles. The van der Waals surface area contributed by atoms with E-state index in [1.54, 1.807) is 13.0 Å². The highest BCUT2D eigenvalue weighted by atomic mass is 16.1. The van der Waals surface area contributed by atoms with Crippen molar-refractivity contribution in [1.29, 1.82) is 0 Å². The first kappa shape index (κ1) is 8.24. The zero-order valence-electron chi connectivity index (χ0n) is 7.71. The van der Waals surface area contributed by atoms with Crippen LogP contribution in [0.4, 0.5) is 0 Å². The molecule has 13 heavy (non-hydrogen) atoms. The van der Waals surface area contributed by atoms with E-state index >= 15 is 0 Å². The van der Waals surface area contributed by atoms with E-state index < -0.39 is 0 Å². The molecule has 0 spiro atoms. The minimum Gasteiger partial charge on any atom is -0.295 e. The standard InChI is InChI=1S/C12H12O/c1-9(13)8-11-7-6-10-4-2-3-5-12(10)11/h2-5,8H,6-7H2,1H3/b11-8-. The molecular weight excluding hydrogens is 160 g/mol. The maximum Gasteiger partial charge on any atom is 0.152 e. The number of fused-ring (bicyclic) bond motifs is 1. The summed E-state index contributed by atoms with van der Waals surface area (Å²) in [6.07, 6.45) is 3.85. The summed E-state index contributed by atoms with van der Waals surface area (Å²) in [5, 5.41) is 0. The van der Waals surface area contributed by atoms with E-state index in [4.69, 9.17) is 0 Å². The molecule has 0 aromatic heterocycles. The second-order valence-corrected chi connectivity index (χ2v) is 3.44. The third kappa shape index (κ3) is 1.55. The Labute approximate surface area is 78.1 Å². The summed E-state index contributed by atoms with van der Waals surface area (Å²) in [5.74, 6) is 0.145. The van der Waals surface area contributed by atoms with Gasteiger partial charge in [0.25, 0.3) is 0 Å². The van der Waals surface area contributed by atoms with E-state index in [-0.39, 0.29) is 5.78 Å². The molecule has 1 aromatic rings. The molecule has 0 radical (unpaired) electrons. The van der Waals surface area contributed by atoms with Gasteiger partial charge >= 0.3 is 0 Å². The van der Waals surface area contributed by atoms with Crippen LogP contribution in [0.25, 0.3) is 5.57 Å². The Balaban J connectivity index is 2.44. The van der Waals surface area contributed by atoms with Gasteiger partial charge in [0, 0.05) is 0 Å². The molecule has 0 aliphatic heterocycles. The summed E-state index contributed by atoms with van der Waals surface area (Å²) in [7, 11) is 0. The van der Waals surface area contributed by atoms with Crippen molar-refractivity contribution in [2.75, 3.05) is 0 Å². The SMILES string of the molecule is CC(=O)/C=C1/CCc2ccccc21. The smallest absolute Gasteiger partial charge is 0.152 e. The number of rotatable bonds is 1. The molecule has 1 nitrogen and oxygen atoms in total. The van der Waals surface area contributed by atoms with Gasteiger partial charge in [-0.3, -0.25) is 4.79 Å². The average molecular weight is 172 g/mol. The van der Waals surface area contributed by atoms with Crippen LogP contribution >= 0.6 is 0 Å². The van der Waals surface area contributed by atoms with Crippen LogP contribution in [0.15, 0.2) is 30.3 Å². The van der Waals surface area contributed by atoms with Gasteiger partial charge in [0.15, 0.2) is 5.78 Å². The van der Waals surface area contributed by atoms with Crippen LogP contribution in [-0.2, 0) is 11.2 Å². The second kappa shape index (κ2) is 3.17. The first-order valence-corrected chi connectivity index (χ1v) is 4.57. The third-order valence-corrected chi connectivity index (χ3v) is 2.40. The molecule has 0 unspecified atom stereocenters. The van der Waals surface area contributed by atoms with E-state index in [0.29, 0.717) is 0 Å². The normalized spacial score (nSPS) is 17.5. The Bertz CT molecular complexity index is 374. The van der Waals surface area contributed by atoms with Gasteiger partial charge in [-0.1, -0.05) is 24.3 Å². The van der Waals surface area contributed by atoms with Crippen LogP contribution in [0.1, 0.15) is 24.5 Å². The number of ketones is 1. The Morgan fingerprint density at radius 3 is 2.85 bits per heavy atom. The molecule has 0 saturated carbocycles. The van der Waals surface area contributed by atoms with Crippen molar-refractivity contribution in [3.63, 3.8) is 0 Å². The van der Waals surface area contributed by atoms with Crippen LogP contribution in [0.3, 0.4) is 0 Å². The highest BCUT2D eigenvalue weighted by molar-refractivity contribution is 5.96. The molecule has 1 aliphatic rings. The van der Waals surface area contributed by atoms with Crippen molar-refractivity contribution in [2.24, 2.45) is 0 Å².